The van der Waals surface area contributed by atoms with Gasteiger partial charge in [0.25, 0.3) is 0 Å². The van der Waals surface area contributed by atoms with Gasteiger partial charge in [-0.05, 0) is 43.7 Å². The van der Waals surface area contributed by atoms with E-state index in [1.54, 1.807) is 0 Å². The van der Waals surface area contributed by atoms with Crippen molar-refractivity contribution >= 4 is 11.6 Å². The molecule has 0 aliphatic carbocycles. The number of likely N-dealkylation sites (tertiary alicyclic amines) is 1. The molecule has 1 aliphatic heterocycles. The number of amides is 1. The third-order valence-electron chi connectivity index (χ3n) is 3.71. The highest BCUT2D eigenvalue weighted by Gasteiger charge is 2.41. The van der Waals surface area contributed by atoms with E-state index in [4.69, 9.17) is 0 Å². The van der Waals surface area contributed by atoms with Crippen molar-refractivity contribution in [1.82, 2.24) is 4.90 Å². The van der Waals surface area contributed by atoms with E-state index in [9.17, 15) is 31.1 Å². The summed E-state index contributed by atoms with van der Waals surface area (Å²) in [6, 6.07) is 4.49. The Kier molecular flexibility index (Phi) is 5.81. The average Bonchev–Trinajstić information content (AvgIpc) is 2.47. The van der Waals surface area contributed by atoms with Gasteiger partial charge >= 0.3 is 12.5 Å². The molecule has 1 aromatic rings. The molecule has 1 amide bonds. The number of ether oxygens (including phenoxy) is 1. The number of alkyl halides is 6. The highest BCUT2D eigenvalue weighted by atomic mass is 19.4. The first-order chi connectivity index (χ1) is 11.5. The summed E-state index contributed by atoms with van der Waals surface area (Å²) in [6.07, 6.45) is -8.71. The van der Waals surface area contributed by atoms with E-state index in [2.05, 4.69) is 10.1 Å². The largest absolute Gasteiger partial charge is 0.573 e. The second-order valence-corrected chi connectivity index (χ2v) is 5.74. The molecule has 1 saturated heterocycles. The summed E-state index contributed by atoms with van der Waals surface area (Å²) in [4.78, 5) is 13.3. The molecule has 0 spiro atoms. The van der Waals surface area contributed by atoms with Crippen molar-refractivity contribution in [3.63, 3.8) is 0 Å². The van der Waals surface area contributed by atoms with E-state index in [0.29, 0.717) is 13.0 Å². The first kappa shape index (κ1) is 19.4. The molecule has 4 nitrogen and oxygen atoms in total. The molecule has 10 heteroatoms. The molecule has 1 fully saturated rings. The maximum Gasteiger partial charge on any atom is 0.573 e. The minimum Gasteiger partial charge on any atom is -0.406 e. The predicted molar refractivity (Wildman–Crippen MR) is 77.0 cm³/mol. The Hall–Kier alpha value is -1.97. The molecule has 25 heavy (non-hydrogen) atoms. The van der Waals surface area contributed by atoms with Crippen LogP contribution >= 0.6 is 0 Å². The number of hydrogen-bond donors (Lipinski definition) is 1. The molecule has 140 valence electrons. The number of nitrogens with zero attached hydrogens (tertiary/aromatic N) is 1. The van der Waals surface area contributed by atoms with Gasteiger partial charge in [0, 0.05) is 12.2 Å². The fraction of sp³-hybridized carbons (Fsp3) is 0.533. The summed E-state index contributed by atoms with van der Waals surface area (Å²) in [5, 5.41) is 2.43. The van der Waals surface area contributed by atoms with E-state index >= 15 is 0 Å². The van der Waals surface area contributed by atoms with E-state index < -0.39 is 30.1 Å². The van der Waals surface area contributed by atoms with Crippen LogP contribution < -0.4 is 10.1 Å². The first-order valence-corrected chi connectivity index (χ1v) is 7.48. The number of carbonyl (C=O) groups excluding carboxylic acids is 1. The molecule has 0 radical (unpaired) electrons. The number of hydrogen-bond acceptors (Lipinski definition) is 3. The fourth-order valence-electron chi connectivity index (χ4n) is 2.61. The first-order valence-electron chi connectivity index (χ1n) is 7.48. The molecule has 1 N–H and O–H groups in total. The van der Waals surface area contributed by atoms with Gasteiger partial charge in [-0.2, -0.15) is 13.2 Å². The zero-order valence-corrected chi connectivity index (χ0v) is 13.0. The Morgan fingerprint density at radius 3 is 2.36 bits per heavy atom. The van der Waals surface area contributed by atoms with Crippen molar-refractivity contribution in [3.05, 3.63) is 24.3 Å². The van der Waals surface area contributed by atoms with Crippen LogP contribution in [-0.2, 0) is 4.79 Å². The predicted octanol–water partition coefficient (Wildman–Crippen LogP) is 3.80. The topological polar surface area (TPSA) is 41.6 Å². The summed E-state index contributed by atoms with van der Waals surface area (Å²) >= 11 is 0. The van der Waals surface area contributed by atoms with Gasteiger partial charge in [0.2, 0.25) is 5.91 Å². The molecular formula is C15H16F6N2O2. The summed E-state index contributed by atoms with van der Waals surface area (Å²) in [6.45, 7) is -0.0684. The van der Waals surface area contributed by atoms with Crippen LogP contribution in [0, 0.1) is 5.92 Å². The average molecular weight is 370 g/mol. The number of anilines is 1. The van der Waals surface area contributed by atoms with Crippen LogP contribution in [0.1, 0.15) is 12.8 Å². The van der Waals surface area contributed by atoms with Crippen LogP contribution in [0.2, 0.25) is 0 Å². The number of benzene rings is 1. The third-order valence-corrected chi connectivity index (χ3v) is 3.71. The number of carbonyl (C=O) groups is 1. The van der Waals surface area contributed by atoms with Crippen molar-refractivity contribution in [1.29, 1.82) is 0 Å². The zero-order valence-electron chi connectivity index (χ0n) is 13.0. The van der Waals surface area contributed by atoms with E-state index in [1.165, 1.54) is 17.0 Å². The van der Waals surface area contributed by atoms with Gasteiger partial charge in [-0.3, -0.25) is 9.69 Å². The summed E-state index contributed by atoms with van der Waals surface area (Å²) in [7, 11) is 0. The Morgan fingerprint density at radius 1 is 1.16 bits per heavy atom. The van der Waals surface area contributed by atoms with Gasteiger partial charge in [-0.1, -0.05) is 0 Å². The highest BCUT2D eigenvalue weighted by Crippen LogP contribution is 2.33. The standard InChI is InChI=1S/C15H16F6N2O2/c16-14(17,18)10-2-1-7-23(8-10)9-13(24)22-11-3-5-12(6-4-11)25-15(19,20)21/h3-6,10H,1-2,7-9H2,(H,22,24). The highest BCUT2D eigenvalue weighted by molar-refractivity contribution is 5.92. The van der Waals surface area contributed by atoms with Crippen molar-refractivity contribution in [2.24, 2.45) is 5.92 Å². The number of halogens is 6. The van der Waals surface area contributed by atoms with Crippen molar-refractivity contribution in [2.75, 3.05) is 25.0 Å². The Bertz CT molecular complexity index is 585. The third kappa shape index (κ3) is 6.45. The van der Waals surface area contributed by atoms with Gasteiger partial charge in [0.05, 0.1) is 12.5 Å². The normalized spacial score (nSPS) is 19.5. The van der Waals surface area contributed by atoms with Crippen LogP contribution in [0.25, 0.3) is 0 Å². The Labute approximate surface area is 139 Å². The smallest absolute Gasteiger partial charge is 0.406 e. The number of rotatable bonds is 4. The SMILES string of the molecule is O=C(CN1CCCC(C(F)(F)F)C1)Nc1ccc(OC(F)(F)F)cc1. The Balaban J connectivity index is 1.85. The summed E-state index contributed by atoms with van der Waals surface area (Å²) in [5.41, 5.74) is 0.226. The molecule has 0 aromatic heterocycles. The van der Waals surface area contributed by atoms with Gasteiger partial charge in [0.15, 0.2) is 0 Å². The molecule has 1 aliphatic rings. The molecule has 2 rings (SSSR count). The minimum atomic E-state index is -4.81. The van der Waals surface area contributed by atoms with Crippen LogP contribution in [0.15, 0.2) is 24.3 Å². The van der Waals surface area contributed by atoms with Crippen molar-refractivity contribution < 1.29 is 35.9 Å². The zero-order chi connectivity index (χ0) is 18.7. The van der Waals surface area contributed by atoms with Crippen LogP contribution in [0.5, 0.6) is 5.75 Å². The molecule has 1 atom stereocenters. The molecule has 1 heterocycles. The quantitative estimate of drug-likeness (QED) is 0.820. The summed E-state index contributed by atoms with van der Waals surface area (Å²) in [5.74, 6) is -2.42. The Morgan fingerprint density at radius 2 is 1.80 bits per heavy atom. The van der Waals surface area contributed by atoms with Gasteiger partial charge in [0.1, 0.15) is 5.75 Å². The van der Waals surface area contributed by atoms with E-state index in [-0.39, 0.29) is 25.2 Å². The number of piperidine rings is 1. The fourth-order valence-corrected chi connectivity index (χ4v) is 2.61. The van der Waals surface area contributed by atoms with E-state index in [1.807, 2.05) is 0 Å². The van der Waals surface area contributed by atoms with Crippen LogP contribution in [0.4, 0.5) is 32.0 Å². The van der Waals surface area contributed by atoms with Crippen molar-refractivity contribution in [3.8, 4) is 5.75 Å². The minimum absolute atomic E-state index is 0.0439. The van der Waals surface area contributed by atoms with E-state index in [0.717, 1.165) is 12.1 Å². The maximum atomic E-state index is 12.7. The van der Waals surface area contributed by atoms with Gasteiger partial charge in [-0.15, -0.1) is 13.2 Å². The number of nitrogens with one attached hydrogen (secondary N) is 1. The lowest BCUT2D eigenvalue weighted by Crippen LogP contribution is -2.44. The second kappa shape index (κ2) is 7.51. The molecule has 1 unspecified atom stereocenters. The lowest BCUT2D eigenvalue weighted by atomic mass is 9.97. The monoisotopic (exact) mass is 370 g/mol. The lowest BCUT2D eigenvalue weighted by Gasteiger charge is -2.33. The van der Waals surface area contributed by atoms with Crippen molar-refractivity contribution in [2.45, 2.75) is 25.4 Å². The molecule has 0 saturated carbocycles. The molecule has 1 aromatic carbocycles. The summed E-state index contributed by atoms with van der Waals surface area (Å²) < 4.78 is 78.1. The second-order valence-electron chi connectivity index (χ2n) is 5.74. The maximum absolute atomic E-state index is 12.7. The van der Waals surface area contributed by atoms with Gasteiger partial charge in [-0.25, -0.2) is 0 Å². The molecular weight excluding hydrogens is 354 g/mol. The van der Waals surface area contributed by atoms with Crippen LogP contribution in [0.3, 0.4) is 0 Å². The lowest BCUT2D eigenvalue weighted by molar-refractivity contribution is -0.274. The van der Waals surface area contributed by atoms with Crippen LogP contribution in [-0.4, -0.2) is 43.0 Å². The van der Waals surface area contributed by atoms with Gasteiger partial charge < -0.3 is 10.1 Å². The molecule has 0 bridgehead atoms.